The molecule has 27 heavy (non-hydrogen) atoms. The molecule has 6 heteroatoms. The van der Waals surface area contributed by atoms with Crippen LogP contribution in [0.1, 0.15) is 38.7 Å². The van der Waals surface area contributed by atoms with Crippen molar-refractivity contribution in [1.82, 2.24) is 0 Å². The van der Waals surface area contributed by atoms with Gasteiger partial charge in [-0.25, -0.2) is 0 Å². The Hall–Kier alpha value is -2.73. The van der Waals surface area contributed by atoms with Gasteiger partial charge in [-0.3, -0.25) is 4.79 Å². The predicted octanol–water partition coefficient (Wildman–Crippen LogP) is 5.01. The standard InChI is InChI=1S/C21H22N2O3S/c1-13-6-9-16(26-13)12-22-21-19(17-4-3-5-18(17)27-21)20(24)23-14-7-10-15(25-2)11-8-14/h6-11,22H,3-5,12H2,1-2H3,(H,23,24). The summed E-state index contributed by atoms with van der Waals surface area (Å²) in [4.78, 5) is 14.3. The van der Waals surface area contributed by atoms with Gasteiger partial charge in [-0.15, -0.1) is 11.3 Å². The van der Waals surface area contributed by atoms with Crippen molar-refractivity contribution in [3.63, 3.8) is 0 Å². The van der Waals surface area contributed by atoms with Gasteiger partial charge in [-0.2, -0.15) is 0 Å². The molecule has 0 aliphatic heterocycles. The molecule has 2 heterocycles. The number of carbonyl (C=O) groups is 1. The molecular formula is C21H22N2O3S. The zero-order valence-corrected chi connectivity index (χ0v) is 16.2. The number of rotatable bonds is 6. The van der Waals surface area contributed by atoms with Crippen molar-refractivity contribution >= 4 is 27.9 Å². The van der Waals surface area contributed by atoms with E-state index in [4.69, 9.17) is 9.15 Å². The first kappa shape index (κ1) is 17.7. The number of hydrogen-bond donors (Lipinski definition) is 2. The monoisotopic (exact) mass is 382 g/mol. The van der Waals surface area contributed by atoms with E-state index in [1.54, 1.807) is 18.4 Å². The lowest BCUT2D eigenvalue weighted by atomic mass is 10.1. The molecule has 1 aliphatic carbocycles. The van der Waals surface area contributed by atoms with Crippen LogP contribution in [0.4, 0.5) is 10.7 Å². The molecule has 0 atom stereocenters. The average Bonchev–Trinajstić information content (AvgIpc) is 3.36. The third kappa shape index (κ3) is 3.71. The Morgan fingerprint density at radius 1 is 1.19 bits per heavy atom. The number of anilines is 2. The van der Waals surface area contributed by atoms with Crippen LogP contribution in [-0.2, 0) is 19.4 Å². The number of hydrogen-bond acceptors (Lipinski definition) is 5. The number of carbonyl (C=O) groups excluding carboxylic acids is 1. The second-order valence-electron chi connectivity index (χ2n) is 6.61. The SMILES string of the molecule is COc1ccc(NC(=O)c2c(NCc3ccc(C)o3)sc3c2CCC3)cc1. The molecular weight excluding hydrogens is 360 g/mol. The van der Waals surface area contributed by atoms with Crippen molar-refractivity contribution in [3.8, 4) is 5.75 Å². The Bertz CT molecular complexity index is 956. The summed E-state index contributed by atoms with van der Waals surface area (Å²) in [5, 5.41) is 7.33. The quantitative estimate of drug-likeness (QED) is 0.629. The maximum Gasteiger partial charge on any atom is 0.258 e. The Kier molecular flexibility index (Phi) is 4.90. The summed E-state index contributed by atoms with van der Waals surface area (Å²) in [6, 6.07) is 11.3. The lowest BCUT2D eigenvalue weighted by Crippen LogP contribution is -2.15. The molecule has 0 saturated heterocycles. The highest BCUT2D eigenvalue weighted by Crippen LogP contribution is 2.39. The molecule has 2 N–H and O–H groups in total. The number of benzene rings is 1. The fraction of sp³-hybridized carbons (Fsp3) is 0.286. The maximum atomic E-state index is 13.0. The van der Waals surface area contributed by atoms with Gasteiger partial charge < -0.3 is 19.8 Å². The lowest BCUT2D eigenvalue weighted by molar-refractivity contribution is 0.102. The molecule has 2 aromatic heterocycles. The van der Waals surface area contributed by atoms with Gasteiger partial charge in [0.15, 0.2) is 0 Å². The average molecular weight is 382 g/mol. The van der Waals surface area contributed by atoms with Crippen LogP contribution in [0, 0.1) is 6.92 Å². The molecule has 0 spiro atoms. The van der Waals surface area contributed by atoms with Crippen molar-refractivity contribution in [3.05, 3.63) is 63.9 Å². The van der Waals surface area contributed by atoms with Crippen molar-refractivity contribution < 1.29 is 13.9 Å². The van der Waals surface area contributed by atoms with E-state index in [0.717, 1.165) is 52.8 Å². The first-order valence-corrected chi connectivity index (χ1v) is 9.85. The van der Waals surface area contributed by atoms with Crippen LogP contribution in [0.3, 0.4) is 0 Å². The Balaban J connectivity index is 1.55. The van der Waals surface area contributed by atoms with Gasteiger partial charge in [0.05, 0.1) is 19.2 Å². The van der Waals surface area contributed by atoms with Crippen LogP contribution in [0.15, 0.2) is 40.8 Å². The van der Waals surface area contributed by atoms with Gasteiger partial charge in [-0.05, 0) is 68.1 Å². The fourth-order valence-electron chi connectivity index (χ4n) is 3.38. The smallest absolute Gasteiger partial charge is 0.258 e. The minimum atomic E-state index is -0.0716. The van der Waals surface area contributed by atoms with Crippen molar-refractivity contribution in [1.29, 1.82) is 0 Å². The van der Waals surface area contributed by atoms with E-state index in [-0.39, 0.29) is 5.91 Å². The van der Waals surface area contributed by atoms with Crippen molar-refractivity contribution in [2.24, 2.45) is 0 Å². The minimum absolute atomic E-state index is 0.0716. The van der Waals surface area contributed by atoms with E-state index in [9.17, 15) is 4.79 Å². The molecule has 0 fully saturated rings. The zero-order valence-electron chi connectivity index (χ0n) is 15.4. The highest BCUT2D eigenvalue weighted by Gasteiger charge is 2.26. The molecule has 0 bridgehead atoms. The molecule has 4 rings (SSSR count). The second kappa shape index (κ2) is 7.48. The number of methoxy groups -OCH3 is 1. The van der Waals surface area contributed by atoms with E-state index >= 15 is 0 Å². The Morgan fingerprint density at radius 3 is 2.70 bits per heavy atom. The number of thiophene rings is 1. The summed E-state index contributed by atoms with van der Waals surface area (Å²) in [6.45, 7) is 2.49. The van der Waals surface area contributed by atoms with Gasteiger partial charge in [0.1, 0.15) is 22.3 Å². The van der Waals surface area contributed by atoms with E-state index in [1.807, 2.05) is 43.3 Å². The molecule has 3 aromatic rings. The Labute approximate surface area is 162 Å². The van der Waals surface area contributed by atoms with Crippen molar-refractivity contribution in [2.45, 2.75) is 32.7 Å². The maximum absolute atomic E-state index is 13.0. The molecule has 1 amide bonds. The highest BCUT2D eigenvalue weighted by molar-refractivity contribution is 7.16. The largest absolute Gasteiger partial charge is 0.497 e. The molecule has 0 radical (unpaired) electrons. The summed E-state index contributed by atoms with van der Waals surface area (Å²) in [5.41, 5.74) is 2.71. The summed E-state index contributed by atoms with van der Waals surface area (Å²) < 4.78 is 10.8. The molecule has 0 unspecified atom stereocenters. The highest BCUT2D eigenvalue weighted by atomic mass is 32.1. The van der Waals surface area contributed by atoms with Crippen LogP contribution in [-0.4, -0.2) is 13.0 Å². The molecule has 5 nitrogen and oxygen atoms in total. The molecule has 140 valence electrons. The van der Waals surface area contributed by atoms with E-state index in [0.29, 0.717) is 6.54 Å². The number of furan rings is 1. The van der Waals surface area contributed by atoms with Gasteiger partial charge in [0.2, 0.25) is 0 Å². The second-order valence-corrected chi connectivity index (χ2v) is 7.72. The summed E-state index contributed by atoms with van der Waals surface area (Å²) in [7, 11) is 1.63. The summed E-state index contributed by atoms with van der Waals surface area (Å²) in [5.74, 6) is 2.44. The molecule has 1 aliphatic rings. The van der Waals surface area contributed by atoms with Crippen LogP contribution in [0.25, 0.3) is 0 Å². The topological polar surface area (TPSA) is 63.5 Å². The van der Waals surface area contributed by atoms with Crippen LogP contribution >= 0.6 is 11.3 Å². The van der Waals surface area contributed by atoms with E-state index < -0.39 is 0 Å². The van der Waals surface area contributed by atoms with E-state index in [2.05, 4.69) is 10.6 Å². The van der Waals surface area contributed by atoms with Gasteiger partial charge in [0.25, 0.3) is 5.91 Å². The number of ether oxygens (including phenoxy) is 1. The number of aryl methyl sites for hydroxylation is 2. The first-order chi connectivity index (χ1) is 13.1. The minimum Gasteiger partial charge on any atom is -0.497 e. The van der Waals surface area contributed by atoms with Crippen LogP contribution in [0.2, 0.25) is 0 Å². The van der Waals surface area contributed by atoms with Gasteiger partial charge >= 0.3 is 0 Å². The van der Waals surface area contributed by atoms with Crippen LogP contribution in [0.5, 0.6) is 5.75 Å². The third-order valence-corrected chi connectivity index (χ3v) is 5.96. The molecule has 0 saturated carbocycles. The number of nitrogens with one attached hydrogen (secondary N) is 2. The fourth-order valence-corrected chi connectivity index (χ4v) is 4.67. The number of fused-ring (bicyclic) bond motifs is 1. The first-order valence-electron chi connectivity index (χ1n) is 9.03. The Morgan fingerprint density at radius 2 is 2.00 bits per heavy atom. The van der Waals surface area contributed by atoms with Gasteiger partial charge in [-0.1, -0.05) is 0 Å². The summed E-state index contributed by atoms with van der Waals surface area (Å²) >= 11 is 1.69. The lowest BCUT2D eigenvalue weighted by Gasteiger charge is -2.10. The predicted molar refractivity (Wildman–Crippen MR) is 108 cm³/mol. The molecule has 1 aromatic carbocycles. The zero-order chi connectivity index (χ0) is 18.8. The van der Waals surface area contributed by atoms with Crippen molar-refractivity contribution in [2.75, 3.05) is 17.7 Å². The summed E-state index contributed by atoms with van der Waals surface area (Å²) in [6.07, 6.45) is 3.12. The third-order valence-electron chi connectivity index (χ3n) is 4.72. The van der Waals surface area contributed by atoms with Crippen LogP contribution < -0.4 is 15.4 Å². The normalized spacial score (nSPS) is 12.7. The van der Waals surface area contributed by atoms with Gasteiger partial charge in [0, 0.05) is 10.6 Å². The van der Waals surface area contributed by atoms with E-state index in [1.165, 1.54) is 10.4 Å². The number of amides is 1.